The summed E-state index contributed by atoms with van der Waals surface area (Å²) in [6, 6.07) is 24.3. The van der Waals surface area contributed by atoms with Crippen LogP contribution in [0.3, 0.4) is 0 Å². The Morgan fingerprint density at radius 3 is 1.79 bits per heavy atom. The zero-order valence-corrected chi connectivity index (χ0v) is 31.4. The Morgan fingerprint density at radius 2 is 1.43 bits per heavy atom. The maximum Gasteiger partial charge on any atom is 0.245 e. The Kier molecular flexibility index (Phi) is 25.6. The van der Waals surface area contributed by atoms with Gasteiger partial charge >= 0.3 is 0 Å². The average molecular weight is 670 g/mol. The van der Waals surface area contributed by atoms with E-state index in [0.29, 0.717) is 12.2 Å². The van der Waals surface area contributed by atoms with Gasteiger partial charge in [0.25, 0.3) is 0 Å². The molecule has 0 aliphatic heterocycles. The van der Waals surface area contributed by atoms with Gasteiger partial charge in [0.2, 0.25) is 5.92 Å². The lowest BCUT2D eigenvalue weighted by molar-refractivity contribution is -0.107. The maximum absolute atomic E-state index is 11.5. The van der Waals surface area contributed by atoms with Crippen LogP contribution in [0, 0.1) is 0 Å². The lowest BCUT2D eigenvalue weighted by Gasteiger charge is -2.24. The first-order valence-electron chi connectivity index (χ1n) is 16.2. The second-order valence-corrected chi connectivity index (χ2v) is 11.4. The molecule has 0 aliphatic carbocycles. The minimum absolute atomic E-state index is 0.0625. The predicted molar refractivity (Wildman–Crippen MR) is 204 cm³/mol. The molecular weight excluding hydrogens is 611 g/mol. The lowest BCUT2D eigenvalue weighted by Crippen LogP contribution is -2.21. The average Bonchev–Trinajstić information content (AvgIpc) is 3.10. The second-order valence-electron chi connectivity index (χ2n) is 10.4. The van der Waals surface area contributed by atoms with E-state index in [4.69, 9.17) is 9.53 Å². The highest BCUT2D eigenvalue weighted by molar-refractivity contribution is 7.46. The van der Waals surface area contributed by atoms with Gasteiger partial charge in [0.15, 0.2) is 0 Å². The summed E-state index contributed by atoms with van der Waals surface area (Å²) in [4.78, 5) is 19.7. The van der Waals surface area contributed by atoms with Crippen LogP contribution < -0.4 is 10.2 Å². The van der Waals surface area contributed by atoms with Gasteiger partial charge in [0.1, 0.15) is 18.8 Å². The molecule has 0 heterocycles. The topological polar surface area (TPSA) is 46.6 Å². The molecule has 0 aliphatic rings. The summed E-state index contributed by atoms with van der Waals surface area (Å²) in [5, 5.41) is 1.35. The van der Waals surface area contributed by atoms with Gasteiger partial charge in [0, 0.05) is 37.7 Å². The van der Waals surface area contributed by atoms with Crippen LogP contribution in [-0.4, -0.2) is 32.7 Å². The molecule has 0 amide bonds. The van der Waals surface area contributed by atoms with Gasteiger partial charge in [-0.05, 0) is 80.0 Å². The molecule has 0 saturated heterocycles. The van der Waals surface area contributed by atoms with Gasteiger partial charge in [-0.3, -0.25) is 0 Å². The van der Waals surface area contributed by atoms with Crippen LogP contribution >= 0.6 is 8.58 Å². The number of aldehydes is 1. The van der Waals surface area contributed by atoms with E-state index in [1.807, 2.05) is 47.5 Å². The van der Waals surface area contributed by atoms with Crippen molar-refractivity contribution in [1.82, 2.24) is 0 Å². The van der Waals surface area contributed by atoms with Crippen molar-refractivity contribution < 1.29 is 23.1 Å². The van der Waals surface area contributed by atoms with Gasteiger partial charge in [-0.2, -0.15) is 0 Å². The van der Waals surface area contributed by atoms with Crippen molar-refractivity contribution in [2.24, 2.45) is 0 Å². The van der Waals surface area contributed by atoms with Crippen LogP contribution in [0.15, 0.2) is 85.1 Å². The number of anilines is 1. The number of benzene rings is 3. The quantitative estimate of drug-likeness (QED) is 0.109. The number of halogens is 2. The third-order valence-corrected chi connectivity index (χ3v) is 7.75. The molecule has 0 spiro atoms. The summed E-state index contributed by atoms with van der Waals surface area (Å²) < 4.78 is 28.7. The Balaban J connectivity index is 0. The molecule has 0 N–H and O–H groups in total. The monoisotopic (exact) mass is 669 g/mol. The van der Waals surface area contributed by atoms with Crippen LogP contribution in [0.4, 0.5) is 14.5 Å². The SMILES string of the molecule is C=C(O/C(C)=C\C)c1ccc(PC)c(N(C)Cc2ccc(-c3ccc(CC)cc3)cc2)c1.C=O.CC.CCC(C)(F)F.CCCC=O. The van der Waals surface area contributed by atoms with Gasteiger partial charge in [-0.1, -0.05) is 110 Å². The Labute approximate surface area is 286 Å². The first-order valence-corrected chi connectivity index (χ1v) is 17.7. The summed E-state index contributed by atoms with van der Waals surface area (Å²) in [7, 11) is 2.88. The van der Waals surface area contributed by atoms with Crippen molar-refractivity contribution in [3.8, 4) is 11.1 Å². The number of ether oxygens (including phenoxy) is 1. The van der Waals surface area contributed by atoms with E-state index in [1.54, 1.807) is 0 Å². The molecule has 1 unspecified atom stereocenters. The normalized spacial score (nSPS) is 10.5. The summed E-state index contributed by atoms with van der Waals surface area (Å²) in [5.74, 6) is -0.921. The number of unbranched alkanes of at least 4 members (excludes halogenated alkanes) is 1. The van der Waals surface area contributed by atoms with Gasteiger partial charge in [-0.15, -0.1) is 0 Å². The number of aryl methyl sites for hydroxylation is 1. The van der Waals surface area contributed by atoms with Crippen molar-refractivity contribution in [1.29, 1.82) is 0 Å². The molecule has 3 rings (SSSR count). The van der Waals surface area contributed by atoms with Crippen molar-refractivity contribution in [2.75, 3.05) is 18.6 Å². The minimum atomic E-state index is -2.46. The molecule has 0 saturated carbocycles. The number of allylic oxidation sites excluding steroid dienone is 2. The van der Waals surface area contributed by atoms with E-state index in [2.05, 4.69) is 98.8 Å². The molecule has 0 aromatic heterocycles. The number of hydrogen-bond acceptors (Lipinski definition) is 4. The van der Waals surface area contributed by atoms with Crippen LogP contribution in [-0.2, 0) is 27.3 Å². The standard InChI is InChI=1S/C29H34NOP.C4H8F2.C4H8O.C2H6.CH2O/c1-7-21(3)31-22(4)27-17-18-29(32-6)28(19-27)30(5)20-24-11-15-26(16-12-24)25-13-9-23(8-2)10-14-25;1-3-4(2,5)6;1-2-3-4-5;2*1-2/h7,9-19,32H,4,8,20H2,1-3,5-6H3;3H2,1-2H3;4H,2-3H2,1H3;1-2H3;1H2/b21-7-;;;;. The van der Waals surface area contributed by atoms with Crippen LogP contribution in [0.2, 0.25) is 0 Å². The number of carbonyl (C=O) groups excluding carboxylic acids is 2. The molecule has 3 aromatic rings. The number of alkyl halides is 2. The highest BCUT2D eigenvalue weighted by atomic mass is 31.1. The number of rotatable bonds is 12. The van der Waals surface area contributed by atoms with Crippen molar-refractivity contribution >= 4 is 38.4 Å². The minimum Gasteiger partial charge on any atom is -0.462 e. The molecule has 260 valence electrons. The van der Waals surface area contributed by atoms with Crippen LogP contribution in [0.1, 0.15) is 91.3 Å². The highest BCUT2D eigenvalue weighted by Crippen LogP contribution is 2.27. The van der Waals surface area contributed by atoms with Crippen molar-refractivity contribution in [3.63, 3.8) is 0 Å². The number of hydrogen-bond donors (Lipinski definition) is 0. The fraction of sp³-hybridized carbons (Fsp3) is 0.400. The van der Waals surface area contributed by atoms with E-state index in [0.717, 1.165) is 52.5 Å². The predicted octanol–water partition coefficient (Wildman–Crippen LogP) is 11.3. The second kappa shape index (κ2) is 26.4. The zero-order chi connectivity index (χ0) is 36.4. The summed E-state index contributed by atoms with van der Waals surface area (Å²) in [6.45, 7) is 23.6. The Hall–Kier alpha value is -3.63. The van der Waals surface area contributed by atoms with E-state index in [-0.39, 0.29) is 6.42 Å². The van der Waals surface area contributed by atoms with Gasteiger partial charge in [-0.25, -0.2) is 8.78 Å². The summed E-state index contributed by atoms with van der Waals surface area (Å²) in [6.07, 6.45) is 5.57. The van der Waals surface area contributed by atoms with Crippen molar-refractivity contribution in [2.45, 2.75) is 93.5 Å². The molecular formula is C40H58F2NO3P. The largest absolute Gasteiger partial charge is 0.462 e. The summed E-state index contributed by atoms with van der Waals surface area (Å²) in [5.41, 5.74) is 7.42. The van der Waals surface area contributed by atoms with E-state index in [9.17, 15) is 13.6 Å². The third-order valence-electron chi connectivity index (χ3n) is 6.79. The highest BCUT2D eigenvalue weighted by Gasteiger charge is 2.15. The lowest BCUT2D eigenvalue weighted by atomic mass is 10.0. The number of carbonyl (C=O) groups is 2. The molecule has 0 fully saturated rings. The first kappa shape index (κ1) is 45.5. The first-order chi connectivity index (χ1) is 22.4. The van der Waals surface area contributed by atoms with E-state index >= 15 is 0 Å². The van der Waals surface area contributed by atoms with E-state index < -0.39 is 5.92 Å². The molecule has 0 bridgehead atoms. The number of nitrogens with zero attached hydrogens (tertiary/aromatic N) is 1. The maximum atomic E-state index is 11.5. The Bertz CT molecular complexity index is 1300. The summed E-state index contributed by atoms with van der Waals surface area (Å²) >= 11 is 0. The molecule has 0 radical (unpaired) electrons. The van der Waals surface area contributed by atoms with Crippen LogP contribution in [0.5, 0.6) is 0 Å². The van der Waals surface area contributed by atoms with Gasteiger partial charge < -0.3 is 19.2 Å². The molecule has 4 nitrogen and oxygen atoms in total. The molecule has 1 atom stereocenters. The molecule has 7 heteroatoms. The van der Waals surface area contributed by atoms with Crippen LogP contribution in [0.25, 0.3) is 16.9 Å². The Morgan fingerprint density at radius 1 is 0.936 bits per heavy atom. The van der Waals surface area contributed by atoms with Crippen molar-refractivity contribution in [3.05, 3.63) is 102 Å². The molecule has 47 heavy (non-hydrogen) atoms. The van der Waals surface area contributed by atoms with Gasteiger partial charge in [0.05, 0.1) is 5.76 Å². The van der Waals surface area contributed by atoms with E-state index in [1.165, 1.54) is 40.2 Å². The smallest absolute Gasteiger partial charge is 0.245 e. The molecule has 3 aromatic carbocycles. The third kappa shape index (κ3) is 18.9. The fourth-order valence-electron chi connectivity index (χ4n) is 3.76. The fourth-order valence-corrected chi connectivity index (χ4v) is 4.53. The zero-order valence-electron chi connectivity index (χ0n) is 30.4.